The van der Waals surface area contributed by atoms with E-state index in [1.165, 1.54) is 0 Å². The van der Waals surface area contributed by atoms with Crippen molar-refractivity contribution in [2.24, 2.45) is 23.7 Å². The summed E-state index contributed by atoms with van der Waals surface area (Å²) >= 11 is 39.8. The van der Waals surface area contributed by atoms with E-state index in [-0.39, 0.29) is 16.7 Å². The smallest absolute Gasteiger partial charge is 0.260 e. The Balaban J connectivity index is 1.61. The predicted octanol–water partition coefficient (Wildman–Crippen LogP) is 3.79. The molecule has 2 amide bonds. The number of hydrogen-bond donors (Lipinski definition) is 0. The molecular weight excluding hydrogens is 483 g/mol. The molecule has 8 atom stereocenters. The zero-order valence-corrected chi connectivity index (χ0v) is 18.3. The number of fused-ring (bicyclic) bond motifs is 12. The zero-order valence-electron chi connectivity index (χ0n) is 13.7. The summed E-state index contributed by atoms with van der Waals surface area (Å²) in [6.45, 7) is 2.13. The average molecular weight is 496 g/mol. The van der Waals surface area contributed by atoms with E-state index in [4.69, 9.17) is 79.2 Å². The first-order chi connectivity index (χ1) is 12.6. The van der Waals surface area contributed by atoms with Crippen molar-refractivity contribution >= 4 is 81.4 Å². The maximum atomic E-state index is 12.9. The van der Waals surface area contributed by atoms with Gasteiger partial charge in [0.25, 0.3) is 11.8 Å². The summed E-state index contributed by atoms with van der Waals surface area (Å²) in [5.74, 6) is -3.48. The number of halogens is 6. The van der Waals surface area contributed by atoms with E-state index in [9.17, 15) is 9.59 Å². The third kappa shape index (κ3) is 1.79. The molecule has 0 unspecified atom stereocenters. The number of hydroxylamine groups is 2. The highest BCUT2D eigenvalue weighted by Gasteiger charge is 2.90. The molecule has 5 rings (SSSR count). The van der Waals surface area contributed by atoms with Crippen molar-refractivity contribution in [1.82, 2.24) is 5.06 Å². The summed E-state index contributed by atoms with van der Waals surface area (Å²) in [6.07, 6.45) is -0.748. The van der Waals surface area contributed by atoms with Crippen LogP contribution in [0.5, 0.6) is 0 Å². The van der Waals surface area contributed by atoms with Gasteiger partial charge < -0.3 is 4.74 Å². The summed E-state index contributed by atoms with van der Waals surface area (Å²) < 4.78 is 4.33. The molecular formula is C16H13Cl6NO4. The first kappa shape index (κ1) is 19.5. The second-order valence-electron chi connectivity index (χ2n) is 7.60. The molecule has 0 aromatic rings. The van der Waals surface area contributed by atoms with Crippen molar-refractivity contribution in [3.63, 3.8) is 0 Å². The van der Waals surface area contributed by atoms with E-state index < -0.39 is 61.8 Å². The molecule has 4 fully saturated rings. The lowest BCUT2D eigenvalue weighted by molar-refractivity contribution is -0.192. The number of nitrogens with zero attached hydrogens (tertiary/aromatic N) is 1. The van der Waals surface area contributed by atoms with Gasteiger partial charge in [0.1, 0.15) is 9.75 Å². The first-order valence-electron chi connectivity index (χ1n) is 8.54. The molecule has 4 bridgehead atoms. The van der Waals surface area contributed by atoms with Crippen LogP contribution < -0.4 is 0 Å². The molecule has 3 saturated heterocycles. The number of carbonyl (C=O) groups excluding carboxylic acids is 2. The average Bonchev–Trinajstić information content (AvgIpc) is 3.31. The molecule has 0 spiro atoms. The Hall–Kier alpha value is 0.540. The summed E-state index contributed by atoms with van der Waals surface area (Å²) in [5.41, 5.74) is 0. The number of allylic oxidation sites excluding steroid dienone is 2. The predicted molar refractivity (Wildman–Crippen MR) is 101 cm³/mol. The third-order valence-electron chi connectivity index (χ3n) is 6.56. The van der Waals surface area contributed by atoms with Gasteiger partial charge in [0.2, 0.25) is 0 Å². The molecule has 5 nitrogen and oxygen atoms in total. The van der Waals surface area contributed by atoms with Crippen LogP contribution in [-0.2, 0) is 19.2 Å². The topological polar surface area (TPSA) is 55.8 Å². The Bertz CT molecular complexity index is 761. The highest BCUT2D eigenvalue weighted by atomic mass is 35.5. The van der Waals surface area contributed by atoms with Gasteiger partial charge in [-0.25, -0.2) is 0 Å². The Morgan fingerprint density at radius 1 is 0.963 bits per heavy atom. The second kappa shape index (κ2) is 5.61. The fourth-order valence-corrected chi connectivity index (χ4v) is 8.64. The Morgan fingerprint density at radius 3 is 1.81 bits per heavy atom. The monoisotopic (exact) mass is 493 g/mol. The lowest BCUT2D eigenvalue weighted by atomic mass is 9.65. The number of alkyl halides is 4. The van der Waals surface area contributed by atoms with Crippen LogP contribution in [0.4, 0.5) is 0 Å². The van der Waals surface area contributed by atoms with Crippen LogP contribution in [0.25, 0.3) is 0 Å². The standard InChI is InChI=1S/C16H13Cl6NO4/c1-2-3-26-23-12(24)4-5(13(23)25)9-7-6(8(4)27-9)14(19)10(17)11(18)15(7,20)16(14,21)22/h4-9H,2-3H2,1H3/t4-,5+,6-,7-,8+,9+,14-,15-/m0/s1. The van der Waals surface area contributed by atoms with Crippen LogP contribution in [0.1, 0.15) is 13.3 Å². The third-order valence-corrected chi connectivity index (χ3v) is 10.9. The van der Waals surface area contributed by atoms with Crippen molar-refractivity contribution in [3.8, 4) is 0 Å². The largest absolute Gasteiger partial charge is 0.373 e. The SMILES string of the molecule is CCCON1C(=O)[C@@H]2[C@H]3O[C@H]([C@@H]2C1=O)[C@@H]1[C@@H]3[C@]2(Cl)C(Cl)=C(Cl)[C@]1(Cl)C2(Cl)Cl. The Labute approximate surface area is 185 Å². The van der Waals surface area contributed by atoms with Crippen LogP contribution in [0.2, 0.25) is 0 Å². The minimum Gasteiger partial charge on any atom is -0.373 e. The molecule has 5 aliphatic rings. The maximum absolute atomic E-state index is 12.9. The number of carbonyl (C=O) groups is 2. The van der Waals surface area contributed by atoms with Gasteiger partial charge in [-0.2, -0.15) is 5.06 Å². The number of amides is 2. The van der Waals surface area contributed by atoms with Gasteiger partial charge in [-0.3, -0.25) is 14.4 Å². The fourth-order valence-electron chi connectivity index (χ4n) is 5.58. The van der Waals surface area contributed by atoms with Crippen LogP contribution in [0.3, 0.4) is 0 Å². The van der Waals surface area contributed by atoms with Gasteiger partial charge >= 0.3 is 0 Å². The molecule has 27 heavy (non-hydrogen) atoms. The van der Waals surface area contributed by atoms with Crippen LogP contribution >= 0.6 is 69.6 Å². The van der Waals surface area contributed by atoms with Crippen LogP contribution in [0, 0.1) is 23.7 Å². The van der Waals surface area contributed by atoms with Crippen molar-refractivity contribution in [2.75, 3.05) is 6.61 Å². The van der Waals surface area contributed by atoms with Crippen LogP contribution in [0.15, 0.2) is 10.1 Å². The van der Waals surface area contributed by atoms with Gasteiger partial charge in [0.05, 0.1) is 40.7 Å². The Morgan fingerprint density at radius 2 is 1.41 bits per heavy atom. The van der Waals surface area contributed by atoms with Gasteiger partial charge in [-0.15, -0.1) is 23.2 Å². The highest BCUT2D eigenvalue weighted by Crippen LogP contribution is 2.81. The molecule has 3 aliphatic heterocycles. The fraction of sp³-hybridized carbons (Fsp3) is 0.750. The number of imide groups is 1. The molecule has 11 heteroatoms. The summed E-state index contributed by atoms with van der Waals surface area (Å²) in [7, 11) is 0. The zero-order chi connectivity index (χ0) is 19.7. The number of rotatable bonds is 3. The molecule has 3 heterocycles. The van der Waals surface area contributed by atoms with Gasteiger partial charge in [0.15, 0.2) is 4.33 Å². The molecule has 148 valence electrons. The molecule has 0 aromatic heterocycles. The van der Waals surface area contributed by atoms with Crippen molar-refractivity contribution < 1.29 is 19.2 Å². The lowest BCUT2D eigenvalue weighted by Crippen LogP contribution is -2.50. The van der Waals surface area contributed by atoms with E-state index in [1.54, 1.807) is 0 Å². The summed E-state index contributed by atoms with van der Waals surface area (Å²) in [4.78, 5) is 28.1. The molecule has 2 aliphatic carbocycles. The van der Waals surface area contributed by atoms with Gasteiger partial charge in [0, 0.05) is 11.8 Å². The van der Waals surface area contributed by atoms with Crippen LogP contribution in [-0.4, -0.2) is 49.8 Å². The van der Waals surface area contributed by atoms with Crippen molar-refractivity contribution in [2.45, 2.75) is 39.6 Å². The minimum absolute atomic E-state index is 0.0654. The van der Waals surface area contributed by atoms with Gasteiger partial charge in [-0.05, 0) is 6.42 Å². The number of ether oxygens (including phenoxy) is 1. The van der Waals surface area contributed by atoms with Crippen molar-refractivity contribution in [1.29, 1.82) is 0 Å². The summed E-state index contributed by atoms with van der Waals surface area (Å²) in [6, 6.07) is 0. The minimum atomic E-state index is -1.71. The molecule has 0 radical (unpaired) electrons. The van der Waals surface area contributed by atoms with E-state index >= 15 is 0 Å². The highest BCUT2D eigenvalue weighted by molar-refractivity contribution is 6.65. The normalized spacial score (nSPS) is 51.6. The van der Waals surface area contributed by atoms with E-state index in [1.807, 2.05) is 6.92 Å². The quantitative estimate of drug-likeness (QED) is 0.441. The molecule has 0 N–H and O–H groups in total. The van der Waals surface area contributed by atoms with E-state index in [0.717, 1.165) is 5.06 Å². The maximum Gasteiger partial charge on any atom is 0.260 e. The van der Waals surface area contributed by atoms with E-state index in [0.29, 0.717) is 6.42 Å². The van der Waals surface area contributed by atoms with Gasteiger partial charge in [-0.1, -0.05) is 53.3 Å². The molecule has 1 saturated carbocycles. The van der Waals surface area contributed by atoms with Crippen molar-refractivity contribution in [3.05, 3.63) is 10.1 Å². The van der Waals surface area contributed by atoms with E-state index in [2.05, 4.69) is 0 Å². The Kier molecular flexibility index (Phi) is 4.05. The lowest BCUT2D eigenvalue weighted by Gasteiger charge is -2.39. The number of hydrogen-bond acceptors (Lipinski definition) is 4. The second-order valence-corrected chi connectivity index (χ2v) is 10.9. The molecule has 0 aromatic carbocycles. The summed E-state index contributed by atoms with van der Waals surface area (Å²) in [5, 5.41) is 0.975. The first-order valence-corrected chi connectivity index (χ1v) is 10.8.